The number of carbonyl (C=O) groups excluding carboxylic acids is 2. The van der Waals surface area contributed by atoms with Crippen molar-refractivity contribution in [2.75, 3.05) is 20.3 Å². The van der Waals surface area contributed by atoms with Crippen molar-refractivity contribution >= 4 is 23.7 Å². The van der Waals surface area contributed by atoms with Gasteiger partial charge in [0.05, 0.1) is 25.1 Å². The number of hydrogen-bond acceptors (Lipinski definition) is 6. The molecule has 0 aromatic carbocycles. The number of likely N-dealkylation sites (tertiary alicyclic amines) is 1. The van der Waals surface area contributed by atoms with Crippen LogP contribution >= 0.6 is 11.6 Å². The normalized spacial score (nSPS) is 20.6. The molecule has 1 aromatic heterocycles. The fraction of sp³-hybridized carbons (Fsp3) is 0.647. The van der Waals surface area contributed by atoms with Crippen molar-refractivity contribution in [3.63, 3.8) is 0 Å². The molecular weight excluding hydrogens is 350 g/mol. The topological polar surface area (TPSA) is 78.2 Å². The molecule has 2 heterocycles. The van der Waals surface area contributed by atoms with E-state index in [-0.39, 0.29) is 30.4 Å². The summed E-state index contributed by atoms with van der Waals surface area (Å²) in [6.07, 6.45) is 0.289. The van der Waals surface area contributed by atoms with Gasteiger partial charge >= 0.3 is 12.1 Å². The molecule has 1 aliphatic rings. The number of alkyl halides is 1. The van der Waals surface area contributed by atoms with Gasteiger partial charge in [0.1, 0.15) is 18.0 Å². The summed E-state index contributed by atoms with van der Waals surface area (Å²) in [5.74, 6) is 0.0693. The van der Waals surface area contributed by atoms with E-state index in [1.54, 1.807) is 11.0 Å². The van der Waals surface area contributed by atoms with Crippen LogP contribution in [0.5, 0.6) is 0 Å². The molecule has 1 saturated heterocycles. The number of hydrogen-bond donors (Lipinski definition) is 0. The Balaban J connectivity index is 1.88. The number of rotatable bonds is 5. The number of furan rings is 1. The average Bonchev–Trinajstić information content (AvgIpc) is 3.12. The van der Waals surface area contributed by atoms with Gasteiger partial charge in [-0.25, -0.2) is 9.59 Å². The van der Waals surface area contributed by atoms with Crippen LogP contribution in [0.4, 0.5) is 4.79 Å². The van der Waals surface area contributed by atoms with Crippen molar-refractivity contribution in [1.82, 2.24) is 4.90 Å². The van der Waals surface area contributed by atoms with Gasteiger partial charge in [-0.3, -0.25) is 0 Å². The van der Waals surface area contributed by atoms with Crippen LogP contribution in [0, 0.1) is 0 Å². The second-order valence-electron chi connectivity index (χ2n) is 6.82. The molecule has 25 heavy (non-hydrogen) atoms. The van der Waals surface area contributed by atoms with Crippen LogP contribution < -0.4 is 0 Å². The number of halogens is 1. The summed E-state index contributed by atoms with van der Waals surface area (Å²) >= 11 is 6.32. The molecule has 1 aliphatic heterocycles. The van der Waals surface area contributed by atoms with E-state index in [0.29, 0.717) is 18.7 Å². The van der Waals surface area contributed by atoms with E-state index in [1.807, 2.05) is 20.8 Å². The second kappa shape index (κ2) is 8.10. The molecule has 0 spiro atoms. The number of ether oxygens (including phenoxy) is 3. The molecule has 0 radical (unpaired) electrons. The van der Waals surface area contributed by atoms with Gasteiger partial charge in [0.25, 0.3) is 0 Å². The van der Waals surface area contributed by atoms with Crippen molar-refractivity contribution in [2.24, 2.45) is 0 Å². The molecule has 2 rings (SSSR count). The minimum atomic E-state index is -0.564. The summed E-state index contributed by atoms with van der Waals surface area (Å²) in [6.45, 7) is 6.41. The lowest BCUT2D eigenvalue weighted by Crippen LogP contribution is -2.44. The third kappa shape index (κ3) is 5.37. The molecule has 0 N–H and O–H groups in total. The van der Waals surface area contributed by atoms with Gasteiger partial charge < -0.3 is 23.5 Å². The fourth-order valence-electron chi connectivity index (χ4n) is 2.50. The molecule has 7 nitrogen and oxygen atoms in total. The highest BCUT2D eigenvalue weighted by Crippen LogP contribution is 2.26. The molecule has 0 bridgehead atoms. The zero-order chi connectivity index (χ0) is 18.6. The maximum absolute atomic E-state index is 12.3. The predicted molar refractivity (Wildman–Crippen MR) is 90.7 cm³/mol. The summed E-state index contributed by atoms with van der Waals surface area (Å²) in [5.41, 5.74) is -0.564. The van der Waals surface area contributed by atoms with Crippen LogP contribution in [0.25, 0.3) is 0 Å². The van der Waals surface area contributed by atoms with E-state index in [9.17, 15) is 9.59 Å². The molecule has 2 atom stereocenters. The highest BCUT2D eigenvalue weighted by Gasteiger charge is 2.38. The lowest BCUT2D eigenvalue weighted by molar-refractivity contribution is 0.00744. The summed E-state index contributed by atoms with van der Waals surface area (Å²) in [4.78, 5) is 25.2. The van der Waals surface area contributed by atoms with Crippen LogP contribution in [0.15, 0.2) is 16.5 Å². The van der Waals surface area contributed by atoms with E-state index < -0.39 is 17.7 Å². The van der Waals surface area contributed by atoms with Crippen molar-refractivity contribution < 1.29 is 28.2 Å². The van der Waals surface area contributed by atoms with Crippen LogP contribution in [0.1, 0.15) is 43.5 Å². The number of esters is 1. The van der Waals surface area contributed by atoms with E-state index in [2.05, 4.69) is 4.74 Å². The first-order valence-corrected chi connectivity index (χ1v) is 8.53. The third-order valence-corrected chi connectivity index (χ3v) is 4.18. The number of carbonyl (C=O) groups is 2. The highest BCUT2D eigenvalue weighted by molar-refractivity contribution is 6.21. The highest BCUT2D eigenvalue weighted by atomic mass is 35.5. The van der Waals surface area contributed by atoms with Crippen LogP contribution in [0.3, 0.4) is 0 Å². The quantitative estimate of drug-likeness (QED) is 0.582. The SMILES string of the molecule is COC(=O)c1ccc(COC[C@H]2[C@H](Cl)CCN2C(=O)OC(C)(C)C)o1. The van der Waals surface area contributed by atoms with Gasteiger partial charge in [0.2, 0.25) is 5.76 Å². The van der Waals surface area contributed by atoms with Gasteiger partial charge in [-0.15, -0.1) is 11.6 Å². The molecule has 1 amide bonds. The number of amides is 1. The molecule has 0 unspecified atom stereocenters. The molecule has 8 heteroatoms. The molecule has 140 valence electrons. The second-order valence-corrected chi connectivity index (χ2v) is 7.38. The maximum Gasteiger partial charge on any atom is 0.410 e. The van der Waals surface area contributed by atoms with E-state index >= 15 is 0 Å². The van der Waals surface area contributed by atoms with E-state index in [0.717, 1.165) is 0 Å². The van der Waals surface area contributed by atoms with Crippen molar-refractivity contribution in [1.29, 1.82) is 0 Å². The lowest BCUT2D eigenvalue weighted by Gasteiger charge is -2.29. The van der Waals surface area contributed by atoms with Gasteiger partial charge in [0, 0.05) is 6.54 Å². The Morgan fingerprint density at radius 1 is 1.36 bits per heavy atom. The molecular formula is C17H24ClNO6. The zero-order valence-corrected chi connectivity index (χ0v) is 15.7. The van der Waals surface area contributed by atoms with Crippen molar-refractivity contribution in [2.45, 2.75) is 50.8 Å². The third-order valence-electron chi connectivity index (χ3n) is 3.67. The summed E-state index contributed by atoms with van der Waals surface area (Å²) in [7, 11) is 1.28. The predicted octanol–water partition coefficient (Wildman–Crippen LogP) is 3.20. The zero-order valence-electron chi connectivity index (χ0n) is 14.9. The van der Waals surface area contributed by atoms with Crippen LogP contribution in [-0.4, -0.2) is 54.2 Å². The smallest absolute Gasteiger partial charge is 0.410 e. The Morgan fingerprint density at radius 3 is 2.72 bits per heavy atom. The number of nitrogens with zero attached hydrogens (tertiary/aromatic N) is 1. The van der Waals surface area contributed by atoms with Crippen LogP contribution in [0.2, 0.25) is 0 Å². The largest absolute Gasteiger partial charge is 0.463 e. The number of methoxy groups -OCH3 is 1. The Bertz CT molecular complexity index is 609. The Labute approximate surface area is 152 Å². The lowest BCUT2D eigenvalue weighted by atomic mass is 10.2. The van der Waals surface area contributed by atoms with E-state index in [4.69, 9.17) is 25.5 Å². The van der Waals surface area contributed by atoms with Crippen molar-refractivity contribution in [3.05, 3.63) is 23.7 Å². The average molecular weight is 374 g/mol. The van der Waals surface area contributed by atoms with Gasteiger partial charge in [-0.05, 0) is 39.3 Å². The fourth-order valence-corrected chi connectivity index (χ4v) is 2.81. The van der Waals surface area contributed by atoms with Crippen LogP contribution in [-0.2, 0) is 20.8 Å². The summed E-state index contributed by atoms with van der Waals surface area (Å²) < 4.78 is 21.0. The first-order chi connectivity index (χ1) is 11.7. The van der Waals surface area contributed by atoms with E-state index in [1.165, 1.54) is 13.2 Å². The van der Waals surface area contributed by atoms with Crippen molar-refractivity contribution in [3.8, 4) is 0 Å². The molecule has 1 fully saturated rings. The Morgan fingerprint density at radius 2 is 2.08 bits per heavy atom. The molecule has 0 aliphatic carbocycles. The minimum Gasteiger partial charge on any atom is -0.463 e. The summed E-state index contributed by atoms with van der Waals surface area (Å²) in [6, 6.07) is 2.90. The Kier molecular flexibility index (Phi) is 6.35. The Hall–Kier alpha value is -1.73. The monoisotopic (exact) mass is 373 g/mol. The van der Waals surface area contributed by atoms with Gasteiger partial charge in [-0.1, -0.05) is 0 Å². The maximum atomic E-state index is 12.3. The van der Waals surface area contributed by atoms with Gasteiger partial charge in [0.15, 0.2) is 0 Å². The first-order valence-electron chi connectivity index (χ1n) is 8.09. The standard InChI is InChI=1S/C17H24ClNO6/c1-17(2,3)25-16(21)19-8-7-12(18)13(19)10-23-9-11-5-6-14(24-11)15(20)22-4/h5-6,12-13H,7-10H2,1-4H3/t12-,13+/m1/s1. The molecule has 0 saturated carbocycles. The summed E-state index contributed by atoms with van der Waals surface area (Å²) in [5, 5.41) is -0.199. The molecule has 1 aromatic rings. The first kappa shape index (κ1) is 19.6. The minimum absolute atomic E-state index is 0.118. The van der Waals surface area contributed by atoms with Gasteiger partial charge in [-0.2, -0.15) is 0 Å².